The van der Waals surface area contributed by atoms with Gasteiger partial charge in [-0.15, -0.1) is 0 Å². The van der Waals surface area contributed by atoms with E-state index in [9.17, 15) is 9.59 Å². The molecule has 0 atom stereocenters. The van der Waals surface area contributed by atoms with Gasteiger partial charge in [-0.25, -0.2) is 4.79 Å². The number of hydrogen-bond donors (Lipinski definition) is 0. The van der Waals surface area contributed by atoms with Crippen LogP contribution in [-0.4, -0.2) is 37.5 Å². The zero-order chi connectivity index (χ0) is 18.5. The Morgan fingerprint density at radius 2 is 1.62 bits per heavy atom. The number of carbonyl (C=O) groups is 2. The lowest BCUT2D eigenvalue weighted by Crippen LogP contribution is -2.27. The smallest absolute Gasteiger partial charge is 0.343 e. The highest BCUT2D eigenvalue weighted by atomic mass is 16.5. The van der Waals surface area contributed by atoms with E-state index >= 15 is 0 Å². The molecule has 132 valence electrons. The SMILES string of the molecule is CN(C)C(=O)COc1cccc(C(=O)Oc2ccc3ccccc3c2)c1. The molecule has 0 aliphatic heterocycles. The lowest BCUT2D eigenvalue weighted by molar-refractivity contribution is -0.130. The number of fused-ring (bicyclic) bond motifs is 1. The van der Waals surface area contributed by atoms with Crippen LogP contribution in [0.25, 0.3) is 10.8 Å². The first-order chi connectivity index (χ1) is 12.5. The van der Waals surface area contributed by atoms with Crippen molar-refractivity contribution in [1.82, 2.24) is 4.90 Å². The summed E-state index contributed by atoms with van der Waals surface area (Å²) in [5, 5.41) is 2.07. The lowest BCUT2D eigenvalue weighted by Gasteiger charge is -2.12. The van der Waals surface area contributed by atoms with Gasteiger partial charge in [-0.1, -0.05) is 36.4 Å². The van der Waals surface area contributed by atoms with Crippen LogP contribution in [0.4, 0.5) is 0 Å². The minimum Gasteiger partial charge on any atom is -0.484 e. The Morgan fingerprint density at radius 1 is 0.846 bits per heavy atom. The van der Waals surface area contributed by atoms with Crippen molar-refractivity contribution in [2.45, 2.75) is 0 Å². The Morgan fingerprint density at radius 3 is 2.38 bits per heavy atom. The number of likely N-dealkylation sites (N-methyl/N-ethyl adjacent to an activating group) is 1. The van der Waals surface area contributed by atoms with E-state index in [4.69, 9.17) is 9.47 Å². The third-order valence-electron chi connectivity index (χ3n) is 3.86. The van der Waals surface area contributed by atoms with E-state index in [1.54, 1.807) is 44.4 Å². The van der Waals surface area contributed by atoms with Crippen molar-refractivity contribution >= 4 is 22.6 Å². The van der Waals surface area contributed by atoms with Gasteiger partial charge in [-0.2, -0.15) is 0 Å². The molecule has 0 aliphatic carbocycles. The number of benzene rings is 3. The van der Waals surface area contributed by atoms with Gasteiger partial charge in [0.1, 0.15) is 11.5 Å². The molecule has 0 saturated carbocycles. The lowest BCUT2D eigenvalue weighted by atomic mass is 10.1. The summed E-state index contributed by atoms with van der Waals surface area (Å²) < 4.78 is 10.9. The second-order valence-corrected chi connectivity index (χ2v) is 6.00. The van der Waals surface area contributed by atoms with Crippen LogP contribution >= 0.6 is 0 Å². The molecule has 3 aromatic rings. The van der Waals surface area contributed by atoms with Crippen LogP contribution in [0.2, 0.25) is 0 Å². The topological polar surface area (TPSA) is 55.8 Å². The molecule has 0 spiro atoms. The van der Waals surface area contributed by atoms with E-state index < -0.39 is 5.97 Å². The molecule has 1 amide bonds. The minimum atomic E-state index is -0.482. The van der Waals surface area contributed by atoms with E-state index in [2.05, 4.69) is 0 Å². The van der Waals surface area contributed by atoms with Gasteiger partial charge >= 0.3 is 5.97 Å². The van der Waals surface area contributed by atoms with Crippen molar-refractivity contribution in [1.29, 1.82) is 0 Å². The zero-order valence-corrected chi connectivity index (χ0v) is 14.6. The molecule has 3 rings (SSSR count). The van der Waals surface area contributed by atoms with E-state index in [0.29, 0.717) is 17.1 Å². The third kappa shape index (κ3) is 4.19. The number of hydrogen-bond acceptors (Lipinski definition) is 4. The Hall–Kier alpha value is -3.34. The van der Waals surface area contributed by atoms with Gasteiger partial charge < -0.3 is 14.4 Å². The van der Waals surface area contributed by atoms with Crippen LogP contribution < -0.4 is 9.47 Å². The molecule has 0 aromatic heterocycles. The normalized spacial score (nSPS) is 10.4. The molecule has 0 aliphatic rings. The molecule has 0 N–H and O–H groups in total. The van der Waals surface area contributed by atoms with E-state index in [1.165, 1.54) is 4.90 Å². The first-order valence-corrected chi connectivity index (χ1v) is 8.17. The van der Waals surface area contributed by atoms with Crippen LogP contribution in [0.3, 0.4) is 0 Å². The van der Waals surface area contributed by atoms with Crippen molar-refractivity contribution < 1.29 is 19.1 Å². The summed E-state index contributed by atoms with van der Waals surface area (Å²) >= 11 is 0. The fraction of sp³-hybridized carbons (Fsp3) is 0.143. The van der Waals surface area contributed by atoms with Crippen LogP contribution in [0.15, 0.2) is 66.7 Å². The molecular weight excluding hydrogens is 330 g/mol. The zero-order valence-electron chi connectivity index (χ0n) is 14.6. The fourth-order valence-corrected chi connectivity index (χ4v) is 2.38. The summed E-state index contributed by atoms with van der Waals surface area (Å²) in [6, 6.07) is 19.9. The molecular formula is C21H19NO4. The maximum atomic E-state index is 12.4. The third-order valence-corrected chi connectivity index (χ3v) is 3.86. The standard InChI is InChI=1S/C21H19NO4/c1-22(2)20(23)14-25-18-9-5-8-17(13-18)21(24)26-19-11-10-15-6-3-4-7-16(15)12-19/h3-13H,14H2,1-2H3. The predicted molar refractivity (Wildman–Crippen MR) is 99.5 cm³/mol. The largest absolute Gasteiger partial charge is 0.484 e. The van der Waals surface area contributed by atoms with Gasteiger partial charge in [0, 0.05) is 14.1 Å². The van der Waals surface area contributed by atoms with E-state index in [0.717, 1.165) is 10.8 Å². The number of carbonyl (C=O) groups excluding carboxylic acids is 2. The van der Waals surface area contributed by atoms with Crippen LogP contribution in [0.5, 0.6) is 11.5 Å². The molecule has 0 unspecified atom stereocenters. The van der Waals surface area contributed by atoms with Crippen LogP contribution in [-0.2, 0) is 4.79 Å². The molecule has 0 fully saturated rings. The quantitative estimate of drug-likeness (QED) is 0.522. The van der Waals surface area contributed by atoms with E-state index in [1.807, 2.05) is 36.4 Å². The molecule has 5 nitrogen and oxygen atoms in total. The summed E-state index contributed by atoms with van der Waals surface area (Å²) in [6.07, 6.45) is 0. The number of esters is 1. The number of nitrogens with zero attached hydrogens (tertiary/aromatic N) is 1. The monoisotopic (exact) mass is 349 g/mol. The van der Waals surface area contributed by atoms with Crippen molar-refractivity contribution in [3.63, 3.8) is 0 Å². The Bertz CT molecular complexity index is 949. The minimum absolute atomic E-state index is 0.0871. The molecule has 0 bridgehead atoms. The molecule has 3 aromatic carbocycles. The van der Waals surface area contributed by atoms with Gasteiger partial charge in [0.25, 0.3) is 5.91 Å². The van der Waals surface area contributed by atoms with Gasteiger partial charge in [-0.3, -0.25) is 4.79 Å². The highest BCUT2D eigenvalue weighted by molar-refractivity contribution is 5.92. The van der Waals surface area contributed by atoms with Crippen LogP contribution in [0.1, 0.15) is 10.4 Å². The van der Waals surface area contributed by atoms with Crippen molar-refractivity contribution in [3.8, 4) is 11.5 Å². The average Bonchev–Trinajstić information content (AvgIpc) is 2.66. The first-order valence-electron chi connectivity index (χ1n) is 8.17. The highest BCUT2D eigenvalue weighted by Gasteiger charge is 2.11. The number of rotatable bonds is 5. The summed E-state index contributed by atoms with van der Waals surface area (Å²) in [4.78, 5) is 25.4. The highest BCUT2D eigenvalue weighted by Crippen LogP contribution is 2.22. The first kappa shape index (κ1) is 17.5. The van der Waals surface area contributed by atoms with Crippen molar-refractivity contribution in [2.75, 3.05) is 20.7 Å². The second kappa shape index (κ2) is 7.70. The van der Waals surface area contributed by atoms with Crippen molar-refractivity contribution in [2.24, 2.45) is 0 Å². The molecule has 0 heterocycles. The Balaban J connectivity index is 1.70. The average molecular weight is 349 g/mol. The fourth-order valence-electron chi connectivity index (χ4n) is 2.38. The summed E-state index contributed by atoms with van der Waals surface area (Å²) in [5.41, 5.74) is 0.355. The molecule has 0 saturated heterocycles. The maximum Gasteiger partial charge on any atom is 0.343 e. The summed E-state index contributed by atoms with van der Waals surface area (Å²) in [5.74, 6) is 0.273. The summed E-state index contributed by atoms with van der Waals surface area (Å²) in [6.45, 7) is -0.0871. The van der Waals surface area contributed by atoms with E-state index in [-0.39, 0.29) is 12.5 Å². The van der Waals surface area contributed by atoms with Crippen molar-refractivity contribution in [3.05, 3.63) is 72.3 Å². The van der Waals surface area contributed by atoms with Gasteiger partial charge in [-0.05, 0) is 41.1 Å². The number of ether oxygens (including phenoxy) is 2. The Kier molecular flexibility index (Phi) is 5.17. The Labute approximate surface area is 151 Å². The maximum absolute atomic E-state index is 12.4. The predicted octanol–water partition coefficient (Wildman–Crippen LogP) is 3.53. The summed E-state index contributed by atoms with van der Waals surface area (Å²) in [7, 11) is 3.31. The molecule has 5 heteroatoms. The molecule has 26 heavy (non-hydrogen) atoms. The van der Waals surface area contributed by atoms with Gasteiger partial charge in [0.2, 0.25) is 0 Å². The number of amides is 1. The second-order valence-electron chi connectivity index (χ2n) is 6.00. The van der Waals surface area contributed by atoms with Crippen LogP contribution in [0, 0.1) is 0 Å². The molecule has 0 radical (unpaired) electrons. The van der Waals surface area contributed by atoms with Gasteiger partial charge in [0.15, 0.2) is 6.61 Å². The van der Waals surface area contributed by atoms with Gasteiger partial charge in [0.05, 0.1) is 5.56 Å².